The molecule has 2 aromatic heterocycles. The van der Waals surface area contributed by atoms with Gasteiger partial charge >= 0.3 is 0 Å². The standard InChI is InChI=1S/C14H11NO2S.C9H7N/c16-18(17,12-7-2-1-3-8-12)14-10-11-6-4-5-9-13(11)15-14;1-2-6-9-8(4-1)5-3-7-10-9/h1-10,15H;1-7H. The Hall–Kier alpha value is -3.44. The van der Waals surface area contributed by atoms with Crippen LogP contribution in [0.3, 0.4) is 0 Å². The Balaban J connectivity index is 0.000000162. The van der Waals surface area contributed by atoms with Crippen molar-refractivity contribution in [3.63, 3.8) is 0 Å². The molecule has 0 saturated heterocycles. The fraction of sp³-hybridized carbons (Fsp3) is 0. The summed E-state index contributed by atoms with van der Waals surface area (Å²) >= 11 is 0. The van der Waals surface area contributed by atoms with Crippen LogP contribution in [-0.2, 0) is 9.84 Å². The lowest BCUT2D eigenvalue weighted by Crippen LogP contribution is -2.01. The molecule has 0 unspecified atom stereocenters. The van der Waals surface area contributed by atoms with Crippen LogP contribution < -0.4 is 0 Å². The molecule has 0 aliphatic heterocycles. The third-order valence-corrected chi connectivity index (χ3v) is 6.05. The van der Waals surface area contributed by atoms with Crippen molar-refractivity contribution in [2.45, 2.75) is 9.92 Å². The Bertz CT molecular complexity index is 1230. The summed E-state index contributed by atoms with van der Waals surface area (Å²) in [5, 5.41) is 2.33. The molecule has 4 nitrogen and oxygen atoms in total. The van der Waals surface area contributed by atoms with Crippen LogP contribution in [0.1, 0.15) is 0 Å². The third kappa shape index (κ3) is 3.66. The summed E-state index contributed by atoms with van der Waals surface area (Å²) in [6.07, 6.45) is 1.81. The highest BCUT2D eigenvalue weighted by atomic mass is 32.2. The van der Waals surface area contributed by atoms with Gasteiger partial charge in [0, 0.05) is 22.5 Å². The molecule has 0 saturated carbocycles. The first-order valence-electron chi connectivity index (χ1n) is 8.82. The highest BCUT2D eigenvalue weighted by Crippen LogP contribution is 2.23. The van der Waals surface area contributed by atoms with Crippen molar-refractivity contribution >= 4 is 31.6 Å². The van der Waals surface area contributed by atoms with Crippen LogP contribution in [0.25, 0.3) is 21.8 Å². The number of hydrogen-bond donors (Lipinski definition) is 1. The largest absolute Gasteiger partial charge is 0.345 e. The van der Waals surface area contributed by atoms with Crippen molar-refractivity contribution in [2.24, 2.45) is 0 Å². The maximum Gasteiger partial charge on any atom is 0.221 e. The molecule has 0 atom stereocenters. The van der Waals surface area contributed by atoms with Gasteiger partial charge in [-0.15, -0.1) is 0 Å². The summed E-state index contributed by atoms with van der Waals surface area (Å²) in [6.45, 7) is 0. The number of nitrogens with one attached hydrogen (secondary N) is 1. The summed E-state index contributed by atoms with van der Waals surface area (Å²) < 4.78 is 24.7. The molecule has 3 aromatic carbocycles. The second kappa shape index (κ2) is 7.66. The number of fused-ring (bicyclic) bond motifs is 2. The number of nitrogens with zero attached hydrogens (tertiary/aromatic N) is 1. The molecular formula is C23H18N2O2S. The summed E-state index contributed by atoms with van der Waals surface area (Å²) in [7, 11) is -3.46. The molecule has 2 heterocycles. The predicted octanol–water partition coefficient (Wildman–Crippen LogP) is 5.24. The molecule has 5 rings (SSSR count). The van der Waals surface area contributed by atoms with Gasteiger partial charge in [-0.1, -0.05) is 60.7 Å². The van der Waals surface area contributed by atoms with Crippen LogP contribution in [-0.4, -0.2) is 18.4 Å². The number of pyridine rings is 1. The van der Waals surface area contributed by atoms with E-state index in [9.17, 15) is 8.42 Å². The van der Waals surface area contributed by atoms with E-state index in [1.165, 1.54) is 5.39 Å². The minimum absolute atomic E-state index is 0.231. The second-order valence-corrected chi connectivity index (χ2v) is 8.15. The molecule has 0 fully saturated rings. The van der Waals surface area contributed by atoms with Crippen LogP contribution in [0.2, 0.25) is 0 Å². The van der Waals surface area contributed by atoms with Crippen molar-refractivity contribution in [3.8, 4) is 0 Å². The van der Waals surface area contributed by atoms with Gasteiger partial charge in [0.1, 0.15) is 5.03 Å². The molecule has 0 radical (unpaired) electrons. The second-order valence-electron chi connectivity index (χ2n) is 6.23. The quantitative estimate of drug-likeness (QED) is 0.451. The highest BCUT2D eigenvalue weighted by molar-refractivity contribution is 7.91. The number of hydrogen-bond acceptors (Lipinski definition) is 3. The van der Waals surface area contributed by atoms with Gasteiger partial charge in [-0.2, -0.15) is 0 Å². The minimum atomic E-state index is -3.46. The van der Waals surface area contributed by atoms with E-state index in [1.54, 1.807) is 36.4 Å². The van der Waals surface area contributed by atoms with Crippen LogP contribution >= 0.6 is 0 Å². The zero-order chi connectivity index (χ0) is 19.4. The summed E-state index contributed by atoms with van der Waals surface area (Å²) in [4.78, 5) is 7.43. The number of aromatic amines is 1. The maximum absolute atomic E-state index is 12.4. The first kappa shape index (κ1) is 17.9. The van der Waals surface area contributed by atoms with Crippen molar-refractivity contribution in [3.05, 3.63) is 103 Å². The Labute approximate surface area is 163 Å². The third-order valence-electron chi connectivity index (χ3n) is 4.36. The topological polar surface area (TPSA) is 62.8 Å². The summed E-state index contributed by atoms with van der Waals surface area (Å²) in [5.74, 6) is 0. The van der Waals surface area contributed by atoms with Crippen molar-refractivity contribution in [2.75, 3.05) is 0 Å². The predicted molar refractivity (Wildman–Crippen MR) is 112 cm³/mol. The molecule has 1 N–H and O–H groups in total. The minimum Gasteiger partial charge on any atom is -0.345 e. The number of aromatic nitrogens is 2. The van der Waals surface area contributed by atoms with Gasteiger partial charge in [0.05, 0.1) is 10.4 Å². The van der Waals surface area contributed by atoms with E-state index in [-0.39, 0.29) is 5.03 Å². The van der Waals surface area contributed by atoms with E-state index in [2.05, 4.69) is 22.1 Å². The van der Waals surface area contributed by atoms with Crippen LogP contribution in [0.5, 0.6) is 0 Å². The Morgan fingerprint density at radius 1 is 0.679 bits per heavy atom. The number of benzene rings is 3. The van der Waals surface area contributed by atoms with Crippen LogP contribution in [0.4, 0.5) is 0 Å². The van der Waals surface area contributed by atoms with Gasteiger partial charge in [-0.05, 0) is 36.4 Å². The van der Waals surface area contributed by atoms with Crippen LogP contribution in [0, 0.1) is 0 Å². The lowest BCUT2D eigenvalue weighted by molar-refractivity contribution is 0.593. The molecule has 138 valence electrons. The normalized spacial score (nSPS) is 11.1. The van der Waals surface area contributed by atoms with Crippen molar-refractivity contribution < 1.29 is 8.42 Å². The molecule has 5 heteroatoms. The summed E-state index contributed by atoms with van der Waals surface area (Å²) in [6, 6.07) is 29.7. The zero-order valence-electron chi connectivity index (χ0n) is 15.0. The molecular weight excluding hydrogens is 368 g/mol. The number of para-hydroxylation sites is 2. The molecule has 28 heavy (non-hydrogen) atoms. The van der Waals surface area contributed by atoms with Crippen molar-refractivity contribution in [1.82, 2.24) is 9.97 Å². The molecule has 0 aliphatic carbocycles. The SMILES string of the molecule is O=S(=O)(c1ccccc1)c1cc2ccccc2[nH]1.c1ccc2ncccc2c1. The zero-order valence-corrected chi connectivity index (χ0v) is 15.8. The van der Waals surface area contributed by atoms with E-state index in [4.69, 9.17) is 0 Å². The summed E-state index contributed by atoms with van der Waals surface area (Å²) in [5.41, 5.74) is 1.89. The van der Waals surface area contributed by atoms with Gasteiger partial charge in [-0.3, -0.25) is 4.98 Å². The van der Waals surface area contributed by atoms with Crippen LogP contribution in [0.15, 0.2) is 113 Å². The molecule has 0 bridgehead atoms. The Morgan fingerprint density at radius 2 is 1.32 bits per heavy atom. The average Bonchev–Trinajstić information content (AvgIpc) is 3.20. The lowest BCUT2D eigenvalue weighted by Gasteiger charge is -2.00. The highest BCUT2D eigenvalue weighted by Gasteiger charge is 2.19. The number of rotatable bonds is 2. The van der Waals surface area contributed by atoms with Gasteiger partial charge in [-0.25, -0.2) is 8.42 Å². The smallest absolute Gasteiger partial charge is 0.221 e. The average molecular weight is 386 g/mol. The molecule has 0 aliphatic rings. The van der Waals surface area contributed by atoms with Gasteiger partial charge in [0.25, 0.3) is 0 Å². The van der Waals surface area contributed by atoms with Gasteiger partial charge in [0.2, 0.25) is 9.84 Å². The maximum atomic E-state index is 12.4. The van der Waals surface area contributed by atoms with E-state index in [0.717, 1.165) is 16.4 Å². The van der Waals surface area contributed by atoms with E-state index in [0.29, 0.717) is 4.90 Å². The fourth-order valence-electron chi connectivity index (χ4n) is 2.93. The first-order chi connectivity index (χ1) is 13.6. The monoisotopic (exact) mass is 386 g/mol. The molecule has 0 amide bonds. The lowest BCUT2D eigenvalue weighted by atomic mass is 10.2. The molecule has 5 aromatic rings. The van der Waals surface area contributed by atoms with E-state index >= 15 is 0 Å². The fourth-order valence-corrected chi connectivity index (χ4v) is 4.23. The van der Waals surface area contributed by atoms with Gasteiger partial charge in [0.15, 0.2) is 0 Å². The first-order valence-corrected chi connectivity index (χ1v) is 10.3. The Morgan fingerprint density at radius 3 is 2.07 bits per heavy atom. The van der Waals surface area contributed by atoms with E-state index in [1.807, 2.05) is 54.7 Å². The Kier molecular flexibility index (Phi) is 4.91. The van der Waals surface area contributed by atoms with Crippen molar-refractivity contribution in [1.29, 1.82) is 0 Å². The number of sulfone groups is 1. The van der Waals surface area contributed by atoms with E-state index < -0.39 is 9.84 Å². The number of H-pyrrole nitrogens is 1. The van der Waals surface area contributed by atoms with Gasteiger partial charge < -0.3 is 4.98 Å². The molecule has 0 spiro atoms.